The molecule has 0 saturated heterocycles. The van der Waals surface area contributed by atoms with Gasteiger partial charge in [-0.05, 0) is 75.4 Å². The molecular formula is C29H43N3O5S. The molecule has 0 fully saturated rings. The van der Waals surface area contributed by atoms with Crippen molar-refractivity contribution in [1.82, 2.24) is 10.2 Å². The lowest BCUT2D eigenvalue weighted by molar-refractivity contribution is -0.142. The first-order chi connectivity index (χ1) is 17.8. The Morgan fingerprint density at radius 1 is 0.974 bits per heavy atom. The number of carbonyl (C=O) groups is 2. The maximum absolute atomic E-state index is 13.5. The van der Waals surface area contributed by atoms with Gasteiger partial charge in [0.1, 0.15) is 11.8 Å². The zero-order valence-electron chi connectivity index (χ0n) is 23.8. The maximum atomic E-state index is 13.5. The Kier molecular flexibility index (Phi) is 11.2. The molecule has 1 unspecified atom stereocenters. The van der Waals surface area contributed by atoms with Gasteiger partial charge in [0.15, 0.2) is 0 Å². The summed E-state index contributed by atoms with van der Waals surface area (Å²) in [4.78, 5) is 28.3. The summed E-state index contributed by atoms with van der Waals surface area (Å²) in [5.41, 5.74) is 2.12. The molecule has 9 heteroatoms. The van der Waals surface area contributed by atoms with Crippen LogP contribution >= 0.6 is 0 Å². The minimum absolute atomic E-state index is 0.106. The monoisotopic (exact) mass is 545 g/mol. The van der Waals surface area contributed by atoms with Crippen LogP contribution in [0.4, 0.5) is 5.69 Å². The molecule has 2 aromatic carbocycles. The van der Waals surface area contributed by atoms with Gasteiger partial charge in [0.25, 0.3) is 0 Å². The van der Waals surface area contributed by atoms with E-state index in [4.69, 9.17) is 4.74 Å². The van der Waals surface area contributed by atoms with Crippen LogP contribution in [0.3, 0.4) is 0 Å². The molecular weight excluding hydrogens is 502 g/mol. The maximum Gasteiger partial charge on any atom is 0.243 e. The van der Waals surface area contributed by atoms with Gasteiger partial charge in [0.2, 0.25) is 21.8 Å². The number of carbonyl (C=O) groups excluding carboxylic acids is 2. The number of aryl methyl sites for hydroxylation is 1. The highest BCUT2D eigenvalue weighted by Gasteiger charge is 2.30. The van der Waals surface area contributed by atoms with Crippen molar-refractivity contribution in [3.8, 4) is 5.75 Å². The van der Waals surface area contributed by atoms with Crippen molar-refractivity contribution in [3.63, 3.8) is 0 Å². The van der Waals surface area contributed by atoms with Gasteiger partial charge in [-0.3, -0.25) is 13.9 Å². The minimum atomic E-state index is -3.53. The molecule has 0 aliphatic rings. The van der Waals surface area contributed by atoms with E-state index in [0.29, 0.717) is 24.3 Å². The van der Waals surface area contributed by atoms with E-state index in [9.17, 15) is 18.0 Å². The van der Waals surface area contributed by atoms with E-state index >= 15 is 0 Å². The summed E-state index contributed by atoms with van der Waals surface area (Å²) >= 11 is 0. The van der Waals surface area contributed by atoms with Crippen LogP contribution in [0.15, 0.2) is 48.5 Å². The van der Waals surface area contributed by atoms with Gasteiger partial charge >= 0.3 is 0 Å². The van der Waals surface area contributed by atoms with E-state index in [0.717, 1.165) is 17.5 Å². The Labute approximate surface area is 228 Å². The quantitative estimate of drug-likeness (QED) is 0.399. The minimum Gasteiger partial charge on any atom is -0.497 e. The van der Waals surface area contributed by atoms with E-state index in [2.05, 4.69) is 5.32 Å². The fraction of sp³-hybridized carbons (Fsp3) is 0.517. The number of nitrogens with zero attached hydrogens (tertiary/aromatic N) is 2. The molecule has 1 atom stereocenters. The molecule has 38 heavy (non-hydrogen) atoms. The Balaban J connectivity index is 2.23. The van der Waals surface area contributed by atoms with E-state index in [1.54, 1.807) is 24.1 Å². The summed E-state index contributed by atoms with van der Waals surface area (Å²) in [6, 6.07) is 14.1. The van der Waals surface area contributed by atoms with Crippen LogP contribution in [-0.2, 0) is 32.6 Å². The smallest absolute Gasteiger partial charge is 0.243 e. The predicted molar refractivity (Wildman–Crippen MR) is 153 cm³/mol. The molecule has 2 rings (SSSR count). The Bertz CT molecular complexity index is 1160. The number of hydrogen-bond donors (Lipinski definition) is 1. The highest BCUT2D eigenvalue weighted by Crippen LogP contribution is 2.21. The third-order valence-corrected chi connectivity index (χ3v) is 7.37. The topological polar surface area (TPSA) is 96.0 Å². The van der Waals surface area contributed by atoms with Gasteiger partial charge in [-0.1, -0.05) is 38.1 Å². The zero-order chi connectivity index (χ0) is 28.5. The Hall–Kier alpha value is -3.07. The molecule has 0 saturated carbocycles. The third-order valence-electron chi connectivity index (χ3n) is 6.18. The molecule has 8 nitrogen and oxygen atoms in total. The van der Waals surface area contributed by atoms with Crippen molar-refractivity contribution in [2.45, 2.75) is 78.4 Å². The fourth-order valence-electron chi connectivity index (χ4n) is 4.20. The molecule has 0 aromatic heterocycles. The summed E-state index contributed by atoms with van der Waals surface area (Å²) < 4.78 is 31.6. The van der Waals surface area contributed by atoms with Crippen LogP contribution in [0.1, 0.15) is 65.0 Å². The molecule has 2 amide bonds. The predicted octanol–water partition coefficient (Wildman–Crippen LogP) is 4.53. The largest absolute Gasteiger partial charge is 0.497 e. The third kappa shape index (κ3) is 9.35. The zero-order valence-corrected chi connectivity index (χ0v) is 24.6. The average molecular weight is 546 g/mol. The second-order valence-electron chi connectivity index (χ2n) is 10.5. The van der Waals surface area contributed by atoms with E-state index in [1.807, 2.05) is 71.0 Å². The van der Waals surface area contributed by atoms with Crippen molar-refractivity contribution in [2.75, 3.05) is 24.2 Å². The van der Waals surface area contributed by atoms with E-state index in [-0.39, 0.29) is 31.3 Å². The standard InChI is InChI=1S/C29H43N3O5S/c1-8-22-12-16-24(17-13-22)32(38(7,35)36)20-10-11-27(33)31(21-23-14-18-25(37-6)19-15-23)26(9-2)28(34)30-29(3,4)5/h12-19,26H,8-11,20-21H2,1-7H3,(H,30,34). The SMILES string of the molecule is CCc1ccc(N(CCCC(=O)N(Cc2ccc(OC)cc2)C(CC)C(=O)NC(C)(C)C)S(C)(=O)=O)cc1. The molecule has 0 radical (unpaired) electrons. The highest BCUT2D eigenvalue weighted by molar-refractivity contribution is 7.92. The lowest BCUT2D eigenvalue weighted by Gasteiger charge is -2.33. The van der Waals surface area contributed by atoms with Crippen LogP contribution in [0.2, 0.25) is 0 Å². The van der Waals surface area contributed by atoms with Crippen LogP contribution in [0.25, 0.3) is 0 Å². The lowest BCUT2D eigenvalue weighted by Crippen LogP contribution is -2.53. The lowest BCUT2D eigenvalue weighted by atomic mass is 10.0. The molecule has 210 valence electrons. The van der Waals surface area contributed by atoms with Crippen molar-refractivity contribution >= 4 is 27.5 Å². The van der Waals surface area contributed by atoms with Crippen molar-refractivity contribution in [2.24, 2.45) is 0 Å². The van der Waals surface area contributed by atoms with Gasteiger partial charge < -0.3 is 15.0 Å². The van der Waals surface area contributed by atoms with Crippen molar-refractivity contribution < 1.29 is 22.7 Å². The first-order valence-corrected chi connectivity index (χ1v) is 14.9. The van der Waals surface area contributed by atoms with E-state index < -0.39 is 21.6 Å². The number of hydrogen-bond acceptors (Lipinski definition) is 5. The number of benzene rings is 2. The molecule has 0 spiro atoms. The second kappa shape index (κ2) is 13.6. The molecule has 1 N–H and O–H groups in total. The van der Waals surface area contributed by atoms with Gasteiger partial charge in [-0.2, -0.15) is 0 Å². The van der Waals surface area contributed by atoms with Crippen LogP contribution in [-0.4, -0.2) is 56.6 Å². The normalized spacial score (nSPS) is 12.5. The summed E-state index contributed by atoms with van der Waals surface area (Å²) in [5.74, 6) is 0.291. The number of methoxy groups -OCH3 is 1. The molecule has 0 aliphatic heterocycles. The Morgan fingerprint density at radius 2 is 1.55 bits per heavy atom. The molecule has 0 heterocycles. The summed E-state index contributed by atoms with van der Waals surface area (Å²) in [7, 11) is -1.94. The summed E-state index contributed by atoms with van der Waals surface area (Å²) in [6.45, 7) is 10.1. The fourth-order valence-corrected chi connectivity index (χ4v) is 5.17. The second-order valence-corrected chi connectivity index (χ2v) is 12.4. The summed E-state index contributed by atoms with van der Waals surface area (Å²) in [5, 5.41) is 2.99. The van der Waals surface area contributed by atoms with Crippen molar-refractivity contribution in [3.05, 3.63) is 59.7 Å². The molecule has 2 aromatic rings. The number of rotatable bonds is 13. The average Bonchev–Trinajstić information content (AvgIpc) is 2.85. The van der Waals surface area contributed by atoms with Gasteiger partial charge in [0.05, 0.1) is 19.1 Å². The summed E-state index contributed by atoms with van der Waals surface area (Å²) in [6.07, 6.45) is 2.90. The highest BCUT2D eigenvalue weighted by atomic mass is 32.2. The van der Waals surface area contributed by atoms with E-state index in [1.165, 1.54) is 10.6 Å². The molecule has 0 bridgehead atoms. The van der Waals surface area contributed by atoms with Gasteiger partial charge in [-0.25, -0.2) is 8.42 Å². The number of nitrogens with one attached hydrogen (secondary N) is 1. The number of sulfonamides is 1. The first kappa shape index (κ1) is 31.1. The molecule has 0 aliphatic carbocycles. The number of anilines is 1. The van der Waals surface area contributed by atoms with Crippen LogP contribution in [0, 0.1) is 0 Å². The Morgan fingerprint density at radius 3 is 2.03 bits per heavy atom. The van der Waals surface area contributed by atoms with Crippen LogP contribution < -0.4 is 14.4 Å². The number of amides is 2. The number of ether oxygens (including phenoxy) is 1. The van der Waals surface area contributed by atoms with Crippen molar-refractivity contribution in [1.29, 1.82) is 0 Å². The van der Waals surface area contributed by atoms with Gasteiger partial charge in [-0.15, -0.1) is 0 Å². The first-order valence-electron chi connectivity index (χ1n) is 13.1. The van der Waals surface area contributed by atoms with Gasteiger partial charge in [0, 0.05) is 25.0 Å². The van der Waals surface area contributed by atoms with Crippen LogP contribution in [0.5, 0.6) is 5.75 Å².